The molecule has 0 unspecified atom stereocenters. The van der Waals surface area contributed by atoms with Gasteiger partial charge in [0.15, 0.2) is 0 Å². The molecule has 2 nitrogen and oxygen atoms in total. The van der Waals surface area contributed by atoms with Gasteiger partial charge in [0.2, 0.25) is 0 Å². The molecule has 88 valence electrons. The van der Waals surface area contributed by atoms with Gasteiger partial charge in [0, 0.05) is 7.11 Å². The van der Waals surface area contributed by atoms with Crippen LogP contribution in [0, 0.1) is 11.3 Å². The first kappa shape index (κ1) is 12.7. The molecule has 0 aromatic heterocycles. The molecule has 1 aliphatic rings. The van der Waals surface area contributed by atoms with Crippen LogP contribution in [0.1, 0.15) is 39.5 Å². The third-order valence-electron chi connectivity index (χ3n) is 3.56. The first-order chi connectivity index (χ1) is 7.06. The zero-order chi connectivity index (χ0) is 11.3. The topological polar surface area (TPSA) is 29.5 Å². The van der Waals surface area contributed by atoms with Gasteiger partial charge in [0.05, 0.1) is 12.7 Å². The van der Waals surface area contributed by atoms with Crippen LogP contribution in [0.15, 0.2) is 12.2 Å². The number of rotatable bonds is 4. The van der Waals surface area contributed by atoms with E-state index in [1.165, 1.54) is 0 Å². The first-order valence-electron chi connectivity index (χ1n) is 5.91. The molecule has 1 saturated carbocycles. The summed E-state index contributed by atoms with van der Waals surface area (Å²) in [5, 5.41) is 9.47. The van der Waals surface area contributed by atoms with E-state index in [0.717, 1.165) is 25.7 Å². The van der Waals surface area contributed by atoms with E-state index in [1.807, 2.05) is 0 Å². The van der Waals surface area contributed by atoms with Gasteiger partial charge in [-0.3, -0.25) is 0 Å². The van der Waals surface area contributed by atoms with Crippen LogP contribution in [0.5, 0.6) is 0 Å². The van der Waals surface area contributed by atoms with E-state index in [2.05, 4.69) is 26.0 Å². The van der Waals surface area contributed by atoms with Crippen LogP contribution >= 0.6 is 0 Å². The van der Waals surface area contributed by atoms with E-state index in [0.29, 0.717) is 12.5 Å². The second-order valence-electron chi connectivity index (χ2n) is 5.18. The normalized spacial score (nSPS) is 28.5. The van der Waals surface area contributed by atoms with Gasteiger partial charge in [-0.15, -0.1) is 0 Å². The molecule has 0 aliphatic heterocycles. The Kier molecular flexibility index (Phi) is 4.81. The summed E-state index contributed by atoms with van der Waals surface area (Å²) in [6.07, 6.45) is 8.53. The van der Waals surface area contributed by atoms with Crippen molar-refractivity contribution in [2.75, 3.05) is 13.7 Å². The van der Waals surface area contributed by atoms with Crippen LogP contribution < -0.4 is 0 Å². The zero-order valence-electron chi connectivity index (χ0n) is 10.2. The molecule has 2 heteroatoms. The number of aliphatic hydroxyl groups is 1. The van der Waals surface area contributed by atoms with Crippen molar-refractivity contribution in [2.45, 2.75) is 45.6 Å². The summed E-state index contributed by atoms with van der Waals surface area (Å²) in [6.45, 7) is 5.25. The minimum atomic E-state index is -0.0556. The Morgan fingerprint density at radius 1 is 1.27 bits per heavy atom. The zero-order valence-corrected chi connectivity index (χ0v) is 10.2. The summed E-state index contributed by atoms with van der Waals surface area (Å²) in [5.41, 5.74) is 0.235. The van der Waals surface area contributed by atoms with E-state index in [-0.39, 0.29) is 11.5 Å². The number of hydrogen-bond donors (Lipinski definition) is 1. The van der Waals surface area contributed by atoms with Crippen LogP contribution in [-0.4, -0.2) is 24.9 Å². The molecule has 0 atom stereocenters. The van der Waals surface area contributed by atoms with Crippen molar-refractivity contribution in [1.29, 1.82) is 0 Å². The Morgan fingerprint density at radius 2 is 1.87 bits per heavy atom. The fourth-order valence-electron chi connectivity index (χ4n) is 2.40. The highest BCUT2D eigenvalue weighted by atomic mass is 16.5. The molecular formula is C13H24O2. The minimum Gasteiger partial charge on any atom is -0.393 e. The molecule has 1 fully saturated rings. The number of hydrogen-bond acceptors (Lipinski definition) is 2. The summed E-state index contributed by atoms with van der Waals surface area (Å²) in [4.78, 5) is 0. The third-order valence-corrected chi connectivity index (χ3v) is 3.56. The molecule has 0 bridgehead atoms. The fourth-order valence-corrected chi connectivity index (χ4v) is 2.40. The first-order valence-corrected chi connectivity index (χ1v) is 5.91. The molecule has 0 amide bonds. The van der Waals surface area contributed by atoms with Crippen molar-refractivity contribution >= 4 is 0 Å². The SMILES string of the molecule is COCC=CC(C)(C)C1CCC(O)CC1. The smallest absolute Gasteiger partial charge is 0.0643 e. The summed E-state index contributed by atoms with van der Waals surface area (Å²) < 4.78 is 5.01. The highest BCUT2D eigenvalue weighted by Crippen LogP contribution is 2.39. The van der Waals surface area contributed by atoms with Gasteiger partial charge in [-0.1, -0.05) is 26.0 Å². The Balaban J connectivity index is 2.46. The number of methoxy groups -OCH3 is 1. The standard InChI is InChI=1S/C13H24O2/c1-13(2,9-4-10-15-3)11-5-7-12(14)8-6-11/h4,9,11-12,14H,5-8,10H2,1-3H3. The lowest BCUT2D eigenvalue weighted by Gasteiger charge is -2.36. The summed E-state index contributed by atoms with van der Waals surface area (Å²) in [7, 11) is 1.72. The van der Waals surface area contributed by atoms with Crippen LogP contribution in [0.4, 0.5) is 0 Å². The lowest BCUT2D eigenvalue weighted by molar-refractivity contribution is 0.0808. The van der Waals surface area contributed by atoms with Crippen molar-refractivity contribution in [2.24, 2.45) is 11.3 Å². The van der Waals surface area contributed by atoms with E-state index in [1.54, 1.807) is 7.11 Å². The average Bonchev–Trinajstić information content (AvgIpc) is 2.18. The highest BCUT2D eigenvalue weighted by molar-refractivity contribution is 4.99. The minimum absolute atomic E-state index is 0.0556. The van der Waals surface area contributed by atoms with Crippen LogP contribution in [0.3, 0.4) is 0 Å². The number of aliphatic hydroxyl groups excluding tert-OH is 1. The maximum atomic E-state index is 9.47. The van der Waals surface area contributed by atoms with E-state index in [9.17, 15) is 5.11 Å². The maximum absolute atomic E-state index is 9.47. The van der Waals surface area contributed by atoms with E-state index < -0.39 is 0 Å². The van der Waals surface area contributed by atoms with Gasteiger partial charge in [-0.25, -0.2) is 0 Å². The van der Waals surface area contributed by atoms with Crippen molar-refractivity contribution in [3.8, 4) is 0 Å². The monoisotopic (exact) mass is 212 g/mol. The predicted octanol–water partition coefficient (Wildman–Crippen LogP) is 2.77. The van der Waals surface area contributed by atoms with Crippen LogP contribution in [0.25, 0.3) is 0 Å². The molecule has 1 N–H and O–H groups in total. The highest BCUT2D eigenvalue weighted by Gasteiger charge is 2.30. The van der Waals surface area contributed by atoms with E-state index >= 15 is 0 Å². The lowest BCUT2D eigenvalue weighted by atomic mass is 9.70. The van der Waals surface area contributed by atoms with Crippen LogP contribution in [0.2, 0.25) is 0 Å². The van der Waals surface area contributed by atoms with Crippen molar-refractivity contribution in [1.82, 2.24) is 0 Å². The summed E-state index contributed by atoms with van der Waals surface area (Å²) in [5.74, 6) is 0.703. The summed E-state index contributed by atoms with van der Waals surface area (Å²) in [6, 6.07) is 0. The Bertz CT molecular complexity index is 201. The van der Waals surface area contributed by atoms with Gasteiger partial charge in [-0.2, -0.15) is 0 Å². The molecule has 1 rings (SSSR count). The van der Waals surface area contributed by atoms with Gasteiger partial charge < -0.3 is 9.84 Å². The van der Waals surface area contributed by atoms with Gasteiger partial charge in [0.1, 0.15) is 0 Å². The molecule has 0 aromatic carbocycles. The van der Waals surface area contributed by atoms with Gasteiger partial charge >= 0.3 is 0 Å². The number of ether oxygens (including phenoxy) is 1. The van der Waals surface area contributed by atoms with Crippen molar-refractivity contribution in [3.05, 3.63) is 12.2 Å². The van der Waals surface area contributed by atoms with Gasteiger partial charge in [-0.05, 0) is 37.0 Å². The molecular weight excluding hydrogens is 188 g/mol. The Hall–Kier alpha value is -0.340. The summed E-state index contributed by atoms with van der Waals surface area (Å²) >= 11 is 0. The van der Waals surface area contributed by atoms with Gasteiger partial charge in [0.25, 0.3) is 0 Å². The van der Waals surface area contributed by atoms with Crippen molar-refractivity contribution < 1.29 is 9.84 Å². The molecule has 0 saturated heterocycles. The quantitative estimate of drug-likeness (QED) is 0.726. The van der Waals surface area contributed by atoms with Crippen molar-refractivity contribution in [3.63, 3.8) is 0 Å². The second kappa shape index (κ2) is 5.66. The molecule has 0 aromatic rings. The second-order valence-corrected chi connectivity index (χ2v) is 5.18. The molecule has 0 radical (unpaired) electrons. The Morgan fingerprint density at radius 3 is 2.40 bits per heavy atom. The fraction of sp³-hybridized carbons (Fsp3) is 0.846. The predicted molar refractivity (Wildman–Crippen MR) is 62.8 cm³/mol. The van der Waals surface area contributed by atoms with Crippen LogP contribution in [-0.2, 0) is 4.74 Å². The lowest BCUT2D eigenvalue weighted by Crippen LogP contribution is -2.28. The Labute approximate surface area is 93.3 Å². The maximum Gasteiger partial charge on any atom is 0.0643 e. The molecule has 15 heavy (non-hydrogen) atoms. The average molecular weight is 212 g/mol. The molecule has 0 spiro atoms. The largest absolute Gasteiger partial charge is 0.393 e. The number of allylic oxidation sites excluding steroid dienone is 1. The molecule has 0 heterocycles. The third kappa shape index (κ3) is 3.96. The van der Waals surface area contributed by atoms with E-state index in [4.69, 9.17) is 4.74 Å². The molecule has 1 aliphatic carbocycles.